The third kappa shape index (κ3) is 4.52. The zero-order valence-corrected chi connectivity index (χ0v) is 18.9. The number of hydrogen-bond donors (Lipinski definition) is 1. The maximum Gasteiger partial charge on any atom is 0.313 e. The van der Waals surface area contributed by atoms with E-state index in [-0.39, 0.29) is 18.3 Å². The molecule has 32 heavy (non-hydrogen) atoms. The molecule has 1 N–H and O–H groups in total. The number of benzene rings is 1. The lowest BCUT2D eigenvalue weighted by Crippen LogP contribution is -2.39. The second kappa shape index (κ2) is 9.51. The quantitative estimate of drug-likeness (QED) is 0.592. The highest BCUT2D eigenvalue weighted by Gasteiger charge is 2.30. The van der Waals surface area contributed by atoms with Crippen LogP contribution >= 0.6 is 0 Å². The van der Waals surface area contributed by atoms with Crippen molar-refractivity contribution >= 4 is 22.9 Å². The number of likely N-dealkylation sites (tertiary alicyclic amines) is 1. The lowest BCUT2D eigenvalue weighted by Gasteiger charge is -2.33. The molecule has 1 amide bonds. The zero-order chi connectivity index (χ0) is 22.7. The molecule has 0 saturated carbocycles. The van der Waals surface area contributed by atoms with E-state index < -0.39 is 5.92 Å². The van der Waals surface area contributed by atoms with Gasteiger partial charge in [0.05, 0.1) is 23.7 Å². The SMILES string of the molecule is CCOC(=O)C(CC(=O)N1CCC(c2cnc(C)c3nc(C)[nH]c23)CC1)c1ccccc1. The second-order valence-electron chi connectivity index (χ2n) is 8.42. The van der Waals surface area contributed by atoms with Gasteiger partial charge in [-0.15, -0.1) is 0 Å². The minimum absolute atomic E-state index is 0.00470. The molecule has 3 heterocycles. The van der Waals surface area contributed by atoms with Crippen molar-refractivity contribution in [3.63, 3.8) is 0 Å². The summed E-state index contributed by atoms with van der Waals surface area (Å²) in [5.41, 5.74) is 4.90. The Bertz CT molecular complexity index is 1100. The summed E-state index contributed by atoms with van der Waals surface area (Å²) in [5.74, 6) is 0.287. The molecule has 0 radical (unpaired) electrons. The Morgan fingerprint density at radius 2 is 1.91 bits per heavy atom. The summed E-state index contributed by atoms with van der Waals surface area (Å²) >= 11 is 0. The second-order valence-corrected chi connectivity index (χ2v) is 8.42. The number of fused-ring (bicyclic) bond motifs is 1. The van der Waals surface area contributed by atoms with Crippen molar-refractivity contribution in [2.24, 2.45) is 0 Å². The molecule has 1 saturated heterocycles. The van der Waals surface area contributed by atoms with Gasteiger partial charge in [0.25, 0.3) is 0 Å². The number of carbonyl (C=O) groups excluding carboxylic acids is 2. The van der Waals surface area contributed by atoms with E-state index in [1.54, 1.807) is 6.92 Å². The van der Waals surface area contributed by atoms with Crippen LogP contribution < -0.4 is 0 Å². The predicted octanol–water partition coefficient (Wildman–Crippen LogP) is 4.02. The molecule has 1 aliphatic heterocycles. The number of aryl methyl sites for hydroxylation is 2. The molecule has 168 valence electrons. The topological polar surface area (TPSA) is 88.2 Å². The van der Waals surface area contributed by atoms with E-state index >= 15 is 0 Å². The monoisotopic (exact) mass is 434 g/mol. The first-order valence-electron chi connectivity index (χ1n) is 11.3. The molecule has 7 heteroatoms. The Morgan fingerprint density at radius 1 is 1.19 bits per heavy atom. The van der Waals surface area contributed by atoms with Crippen LogP contribution in [-0.4, -0.2) is 51.4 Å². The van der Waals surface area contributed by atoms with E-state index in [4.69, 9.17) is 4.74 Å². The van der Waals surface area contributed by atoms with E-state index in [1.807, 2.05) is 55.3 Å². The molecule has 1 aromatic carbocycles. The van der Waals surface area contributed by atoms with E-state index in [0.717, 1.165) is 41.0 Å². The standard InChI is InChI=1S/C25H30N4O3/c1-4-32-25(31)20(18-8-6-5-7-9-18)14-22(30)29-12-10-19(11-13-29)21-15-26-16(2)23-24(21)28-17(3)27-23/h5-9,15,19-20H,4,10-14H2,1-3H3,(H,27,28). The predicted molar refractivity (Wildman–Crippen MR) is 122 cm³/mol. The lowest BCUT2D eigenvalue weighted by atomic mass is 9.88. The van der Waals surface area contributed by atoms with Crippen molar-refractivity contribution in [3.05, 3.63) is 59.2 Å². The molecule has 1 unspecified atom stereocenters. The van der Waals surface area contributed by atoms with Gasteiger partial charge in [0.1, 0.15) is 11.3 Å². The lowest BCUT2D eigenvalue weighted by molar-refractivity contribution is -0.148. The van der Waals surface area contributed by atoms with Gasteiger partial charge in [-0.25, -0.2) is 4.98 Å². The summed E-state index contributed by atoms with van der Waals surface area (Å²) in [6.45, 7) is 7.34. The van der Waals surface area contributed by atoms with Crippen molar-refractivity contribution < 1.29 is 14.3 Å². The summed E-state index contributed by atoms with van der Waals surface area (Å²) < 4.78 is 5.25. The third-order valence-corrected chi connectivity index (χ3v) is 6.29. The van der Waals surface area contributed by atoms with Crippen molar-refractivity contribution in [2.45, 2.75) is 51.9 Å². The molecule has 0 bridgehead atoms. The minimum Gasteiger partial charge on any atom is -0.466 e. The van der Waals surface area contributed by atoms with Crippen LogP contribution in [0.4, 0.5) is 0 Å². The fourth-order valence-electron chi connectivity index (χ4n) is 4.57. The number of amides is 1. The molecule has 1 aliphatic rings. The van der Waals surface area contributed by atoms with Crippen LogP contribution in [0, 0.1) is 13.8 Å². The van der Waals surface area contributed by atoms with Crippen LogP contribution in [0.25, 0.3) is 11.0 Å². The number of rotatable bonds is 6. The number of H-pyrrole nitrogens is 1. The van der Waals surface area contributed by atoms with Gasteiger partial charge >= 0.3 is 5.97 Å². The van der Waals surface area contributed by atoms with Crippen molar-refractivity contribution in [2.75, 3.05) is 19.7 Å². The summed E-state index contributed by atoms with van der Waals surface area (Å²) in [4.78, 5) is 40.0. The molecule has 0 spiro atoms. The van der Waals surface area contributed by atoms with Crippen LogP contribution in [0.2, 0.25) is 0 Å². The maximum atomic E-state index is 13.1. The summed E-state index contributed by atoms with van der Waals surface area (Å²) in [5, 5.41) is 0. The number of pyridine rings is 1. The first kappa shape index (κ1) is 22.0. The molecular weight excluding hydrogens is 404 g/mol. The fraction of sp³-hybridized carbons (Fsp3) is 0.440. The van der Waals surface area contributed by atoms with Crippen LogP contribution in [0.1, 0.15) is 60.7 Å². The summed E-state index contributed by atoms with van der Waals surface area (Å²) in [6, 6.07) is 9.42. The van der Waals surface area contributed by atoms with Crippen molar-refractivity contribution in [1.82, 2.24) is 19.9 Å². The average Bonchev–Trinajstić information content (AvgIpc) is 3.21. The highest BCUT2D eigenvalue weighted by atomic mass is 16.5. The Hall–Kier alpha value is -3.22. The van der Waals surface area contributed by atoms with Gasteiger partial charge in [0, 0.05) is 25.7 Å². The number of hydrogen-bond acceptors (Lipinski definition) is 5. The Labute approximate surface area is 188 Å². The number of piperidine rings is 1. The van der Waals surface area contributed by atoms with E-state index in [2.05, 4.69) is 15.0 Å². The van der Waals surface area contributed by atoms with Gasteiger partial charge in [-0.1, -0.05) is 30.3 Å². The Balaban J connectivity index is 1.44. The number of imidazole rings is 1. The van der Waals surface area contributed by atoms with Crippen LogP contribution in [0.15, 0.2) is 36.5 Å². The van der Waals surface area contributed by atoms with Gasteiger partial charge in [0.15, 0.2) is 0 Å². The molecule has 2 aromatic heterocycles. The summed E-state index contributed by atoms with van der Waals surface area (Å²) in [7, 11) is 0. The number of aromatic nitrogens is 3. The molecule has 1 atom stereocenters. The minimum atomic E-state index is -0.574. The smallest absolute Gasteiger partial charge is 0.313 e. The number of esters is 1. The van der Waals surface area contributed by atoms with Gasteiger partial charge in [0.2, 0.25) is 5.91 Å². The van der Waals surface area contributed by atoms with Gasteiger partial charge in [-0.2, -0.15) is 0 Å². The number of aromatic amines is 1. The van der Waals surface area contributed by atoms with Gasteiger partial charge in [-0.05, 0) is 50.7 Å². The number of nitrogens with zero attached hydrogens (tertiary/aromatic N) is 3. The van der Waals surface area contributed by atoms with Crippen LogP contribution in [0.3, 0.4) is 0 Å². The normalized spacial score (nSPS) is 15.7. The molecule has 0 aliphatic carbocycles. The number of carbonyl (C=O) groups is 2. The zero-order valence-electron chi connectivity index (χ0n) is 18.9. The van der Waals surface area contributed by atoms with Gasteiger partial charge in [-0.3, -0.25) is 14.6 Å². The highest BCUT2D eigenvalue weighted by Crippen LogP contribution is 2.33. The maximum absolute atomic E-state index is 13.1. The first-order valence-corrected chi connectivity index (χ1v) is 11.3. The largest absolute Gasteiger partial charge is 0.466 e. The number of nitrogens with one attached hydrogen (secondary N) is 1. The van der Waals surface area contributed by atoms with E-state index in [9.17, 15) is 9.59 Å². The fourth-order valence-corrected chi connectivity index (χ4v) is 4.57. The summed E-state index contributed by atoms with van der Waals surface area (Å²) in [6.07, 6.45) is 3.80. The molecule has 3 aromatic rings. The van der Waals surface area contributed by atoms with Crippen molar-refractivity contribution in [1.29, 1.82) is 0 Å². The molecule has 4 rings (SSSR count). The highest BCUT2D eigenvalue weighted by molar-refractivity contribution is 5.87. The van der Waals surface area contributed by atoms with Gasteiger partial charge < -0.3 is 14.6 Å². The average molecular weight is 435 g/mol. The third-order valence-electron chi connectivity index (χ3n) is 6.29. The van der Waals surface area contributed by atoms with Crippen molar-refractivity contribution in [3.8, 4) is 0 Å². The Kier molecular flexibility index (Phi) is 6.53. The molecular formula is C25H30N4O3. The van der Waals surface area contributed by atoms with E-state index in [1.165, 1.54) is 5.56 Å². The molecule has 7 nitrogen and oxygen atoms in total. The van der Waals surface area contributed by atoms with E-state index in [0.29, 0.717) is 25.6 Å². The first-order chi connectivity index (χ1) is 15.5. The molecule has 1 fully saturated rings. The van der Waals surface area contributed by atoms with Crippen LogP contribution in [-0.2, 0) is 14.3 Å². The Morgan fingerprint density at radius 3 is 2.59 bits per heavy atom. The van der Waals surface area contributed by atoms with Crippen LogP contribution in [0.5, 0.6) is 0 Å². The number of ether oxygens (including phenoxy) is 1.